The van der Waals surface area contributed by atoms with E-state index in [1.165, 1.54) is 36.4 Å². The van der Waals surface area contributed by atoms with E-state index in [4.69, 9.17) is 52.1 Å². The van der Waals surface area contributed by atoms with Crippen molar-refractivity contribution in [1.82, 2.24) is 0 Å². The number of carbonyl (C=O) groups excluding carboxylic acids is 5. The summed E-state index contributed by atoms with van der Waals surface area (Å²) < 4.78 is 70.4. The number of hydrogen-bond acceptors (Lipinski definition) is 16. The second kappa shape index (κ2) is 24.6. The summed E-state index contributed by atoms with van der Waals surface area (Å²) in [4.78, 5) is 70.6. The van der Waals surface area contributed by atoms with Gasteiger partial charge in [-0.1, -0.05) is 137 Å². The maximum atomic E-state index is 14.4. The van der Waals surface area contributed by atoms with Gasteiger partial charge in [-0.05, 0) is 60.7 Å². The van der Waals surface area contributed by atoms with Crippen molar-refractivity contribution in [2.45, 2.75) is 67.7 Å². The van der Waals surface area contributed by atoms with Crippen molar-refractivity contribution in [2.75, 3.05) is 25.2 Å². The molecule has 6 aromatic carbocycles. The van der Waals surface area contributed by atoms with Crippen LogP contribution in [0.3, 0.4) is 0 Å². The summed E-state index contributed by atoms with van der Waals surface area (Å²) in [5.74, 6) is -4.09. The fourth-order valence-corrected chi connectivity index (χ4v) is 8.65. The third-order valence-electron chi connectivity index (χ3n) is 12.0. The molecule has 0 aliphatic carbocycles. The Labute approximate surface area is 428 Å². The van der Waals surface area contributed by atoms with E-state index >= 15 is 0 Å². The van der Waals surface area contributed by atoms with Gasteiger partial charge in [0.2, 0.25) is 0 Å². The summed E-state index contributed by atoms with van der Waals surface area (Å²) in [6.45, 7) is -0.694. The summed E-state index contributed by atoms with van der Waals surface area (Å²) in [5, 5.41) is 0.305. The zero-order chi connectivity index (χ0) is 50.5. The maximum Gasteiger partial charge on any atom is 0.338 e. The number of hydrogen-bond donors (Lipinski definition) is 0. The number of halogens is 1. The first-order valence-corrected chi connectivity index (χ1v) is 24.6. The molecule has 1 unspecified atom stereocenters. The van der Waals surface area contributed by atoms with Gasteiger partial charge in [-0.3, -0.25) is 0 Å². The maximum absolute atomic E-state index is 14.4. The van der Waals surface area contributed by atoms with Gasteiger partial charge in [0, 0.05) is 10.9 Å². The van der Waals surface area contributed by atoms with Gasteiger partial charge in [0.05, 0.1) is 41.0 Å². The summed E-state index contributed by atoms with van der Waals surface area (Å²) in [7, 11) is 0. The van der Waals surface area contributed by atoms with Crippen molar-refractivity contribution < 1.29 is 76.1 Å². The summed E-state index contributed by atoms with van der Waals surface area (Å²) in [6.07, 6.45) is -15.8. The Morgan fingerprint density at radius 3 is 1.33 bits per heavy atom. The highest BCUT2D eigenvalue weighted by atomic mass is 79.9. The predicted octanol–water partition coefficient (Wildman–Crippen LogP) is 8.11. The highest BCUT2D eigenvalue weighted by Gasteiger charge is 2.59. The van der Waals surface area contributed by atoms with Gasteiger partial charge in [0.25, 0.3) is 0 Å². The van der Waals surface area contributed by atoms with Crippen LogP contribution in [0.5, 0.6) is 0 Å². The van der Waals surface area contributed by atoms with Crippen LogP contribution >= 0.6 is 15.9 Å². The van der Waals surface area contributed by atoms with E-state index in [0.717, 1.165) is 0 Å². The zero-order valence-electron chi connectivity index (χ0n) is 38.9. The van der Waals surface area contributed by atoms with Gasteiger partial charge in [-0.15, -0.1) is 0 Å². The molecule has 17 heteroatoms. The molecule has 376 valence electrons. The predicted molar refractivity (Wildman–Crippen MR) is 261 cm³/mol. The first-order chi connectivity index (χ1) is 35.7. The van der Waals surface area contributed by atoms with Crippen molar-refractivity contribution in [3.63, 3.8) is 0 Å². The normalized spacial score (nSPS) is 25.5. The molecule has 11 atom stereocenters. The minimum atomic E-state index is -1.74. The lowest BCUT2D eigenvalue weighted by Gasteiger charge is -2.50. The number of esters is 5. The summed E-state index contributed by atoms with van der Waals surface area (Å²) >= 11 is 3.38. The van der Waals surface area contributed by atoms with Crippen LogP contribution < -0.4 is 0 Å². The van der Waals surface area contributed by atoms with E-state index in [1.807, 2.05) is 18.2 Å². The molecule has 9 rings (SSSR count). The van der Waals surface area contributed by atoms with E-state index in [9.17, 15) is 24.0 Å². The molecule has 16 nitrogen and oxygen atoms in total. The lowest BCUT2D eigenvalue weighted by atomic mass is 9.95. The van der Waals surface area contributed by atoms with Crippen molar-refractivity contribution >= 4 is 45.8 Å². The lowest BCUT2D eigenvalue weighted by molar-refractivity contribution is -0.383. The van der Waals surface area contributed by atoms with Crippen LogP contribution in [0, 0.1) is 0 Å². The van der Waals surface area contributed by atoms with Crippen LogP contribution in [0.15, 0.2) is 182 Å². The molecule has 0 saturated carbocycles. The molecule has 73 heavy (non-hydrogen) atoms. The molecule has 0 N–H and O–H groups in total. The molecule has 3 fully saturated rings. The van der Waals surface area contributed by atoms with Crippen LogP contribution in [0.2, 0.25) is 0 Å². The standard InChI is InChI=1S/C56H49BrO16/c57-31-32-63-55-47(70-52(61)38-25-13-4-14-26-38)45(68-50(59)36-21-9-2-10-22-36)44(41(66-55)33-64-49(58)35-19-7-1-8-20-35)73-56-48(71-53(62)39-27-15-5-16-28-39)46(69-51(60)37-23-11-3-12-24-37)43-42(67-56)34-65-54(72-43)40-29-17-6-18-30-40/h1-30,41-48,54-56H,31-34H2/t41-,42-,43+,44-,45+,46+,47-,48-,54?,55-,56+/m1/s1. The van der Waals surface area contributed by atoms with E-state index < -0.39 is 104 Å². The lowest BCUT2D eigenvalue weighted by Crippen LogP contribution is -2.68. The minimum Gasteiger partial charge on any atom is -0.459 e. The molecule has 0 bridgehead atoms. The Balaban J connectivity index is 1.15. The minimum absolute atomic E-state index is 0.0101. The second-order valence-corrected chi connectivity index (χ2v) is 17.6. The molecule has 0 spiro atoms. The van der Waals surface area contributed by atoms with Crippen LogP contribution in [-0.4, -0.2) is 116 Å². The highest BCUT2D eigenvalue weighted by Crippen LogP contribution is 2.40. The number of fused-ring (bicyclic) bond motifs is 1. The molecule has 3 heterocycles. The topological polar surface area (TPSA) is 187 Å². The third kappa shape index (κ3) is 12.6. The molecular weight excluding hydrogens is 1010 g/mol. The summed E-state index contributed by atoms with van der Waals surface area (Å²) in [6, 6.07) is 49.7. The molecule has 0 aromatic heterocycles. The highest BCUT2D eigenvalue weighted by molar-refractivity contribution is 9.09. The largest absolute Gasteiger partial charge is 0.459 e. The number of carbonyl (C=O) groups is 5. The van der Waals surface area contributed by atoms with E-state index in [-0.39, 0.29) is 41.0 Å². The Bertz CT molecular complexity index is 2760. The van der Waals surface area contributed by atoms with Crippen LogP contribution in [-0.2, 0) is 52.1 Å². The first-order valence-electron chi connectivity index (χ1n) is 23.5. The Hall–Kier alpha value is -7.09. The van der Waals surface area contributed by atoms with Crippen LogP contribution in [0.1, 0.15) is 63.6 Å². The summed E-state index contributed by atoms with van der Waals surface area (Å²) in [5.41, 5.74) is 1.44. The van der Waals surface area contributed by atoms with Crippen LogP contribution in [0.25, 0.3) is 0 Å². The van der Waals surface area contributed by atoms with Gasteiger partial charge >= 0.3 is 29.8 Å². The Morgan fingerprint density at radius 2 is 0.863 bits per heavy atom. The van der Waals surface area contributed by atoms with Gasteiger partial charge in [0.15, 0.2) is 43.3 Å². The molecule has 0 amide bonds. The van der Waals surface area contributed by atoms with Crippen molar-refractivity contribution in [3.05, 3.63) is 215 Å². The SMILES string of the molecule is O=C(OC[C@H]1O[C@@H](OCCBr)[C@H](OC(=O)c2ccccc2)[C@@H](OC(=O)c2ccccc2)[C@@H]1O[C@@H]1O[C@@H]2COC(c3ccccc3)O[C@@H]2[C@H](OC(=O)c2ccccc2)[C@H]1OC(=O)c1ccccc1)c1ccccc1. The number of rotatable bonds is 17. The molecule has 6 aromatic rings. The zero-order valence-corrected chi connectivity index (χ0v) is 40.5. The molecule has 0 radical (unpaired) electrons. The number of benzene rings is 6. The van der Waals surface area contributed by atoms with Gasteiger partial charge in [-0.2, -0.15) is 0 Å². The van der Waals surface area contributed by atoms with Crippen molar-refractivity contribution in [1.29, 1.82) is 0 Å². The fraction of sp³-hybridized carbons (Fsp3) is 0.268. The first kappa shape index (κ1) is 50.8. The van der Waals surface area contributed by atoms with Gasteiger partial charge in [-0.25, -0.2) is 24.0 Å². The number of ether oxygens (including phenoxy) is 11. The van der Waals surface area contributed by atoms with Crippen LogP contribution in [0.4, 0.5) is 0 Å². The molecule has 3 aliphatic heterocycles. The molecule has 3 saturated heterocycles. The fourth-order valence-electron chi connectivity index (χ4n) is 8.46. The van der Waals surface area contributed by atoms with Gasteiger partial charge < -0.3 is 52.1 Å². The Kier molecular flexibility index (Phi) is 17.1. The average Bonchev–Trinajstić information content (AvgIpc) is 3.45. The van der Waals surface area contributed by atoms with Crippen molar-refractivity contribution in [2.24, 2.45) is 0 Å². The van der Waals surface area contributed by atoms with Gasteiger partial charge in [0.1, 0.15) is 31.0 Å². The number of alkyl halides is 1. The van der Waals surface area contributed by atoms with E-state index in [2.05, 4.69) is 15.9 Å². The quantitative estimate of drug-likeness (QED) is 0.0484. The molecule has 3 aliphatic rings. The monoisotopic (exact) mass is 1060 g/mol. The van der Waals surface area contributed by atoms with E-state index in [0.29, 0.717) is 10.9 Å². The average molecular weight is 1060 g/mol. The molecular formula is C56H49BrO16. The second-order valence-electron chi connectivity index (χ2n) is 16.8. The van der Waals surface area contributed by atoms with Crippen molar-refractivity contribution in [3.8, 4) is 0 Å². The smallest absolute Gasteiger partial charge is 0.338 e. The van der Waals surface area contributed by atoms with E-state index in [1.54, 1.807) is 127 Å². The third-order valence-corrected chi connectivity index (χ3v) is 12.3. The Morgan fingerprint density at radius 1 is 0.452 bits per heavy atom.